The summed E-state index contributed by atoms with van der Waals surface area (Å²) in [5.74, 6) is 1.01. The van der Waals surface area contributed by atoms with Gasteiger partial charge in [-0.25, -0.2) is 4.39 Å². The average molecular weight is 306 g/mol. The van der Waals surface area contributed by atoms with Crippen LogP contribution in [-0.4, -0.2) is 17.5 Å². The van der Waals surface area contributed by atoms with Crippen molar-refractivity contribution in [2.24, 2.45) is 10.4 Å². The lowest BCUT2D eigenvalue weighted by atomic mass is 9.75. The maximum atomic E-state index is 13.8. The summed E-state index contributed by atoms with van der Waals surface area (Å²) in [5, 5.41) is 4.34. The van der Waals surface area contributed by atoms with Crippen molar-refractivity contribution in [1.82, 2.24) is 5.32 Å². The molecule has 0 bridgehead atoms. The first kappa shape index (κ1) is 14.9. The molecule has 1 atom stereocenters. The number of nitrogens with zero attached hydrogens (tertiary/aromatic N) is 1. The van der Waals surface area contributed by atoms with Gasteiger partial charge in [-0.15, -0.1) is 0 Å². The summed E-state index contributed by atoms with van der Waals surface area (Å²) >= 11 is 1.81. The van der Waals surface area contributed by atoms with Gasteiger partial charge < -0.3 is 5.32 Å². The van der Waals surface area contributed by atoms with Crippen LogP contribution in [0.2, 0.25) is 0 Å². The van der Waals surface area contributed by atoms with Gasteiger partial charge >= 0.3 is 0 Å². The van der Waals surface area contributed by atoms with Crippen LogP contribution >= 0.6 is 11.8 Å². The molecule has 0 radical (unpaired) electrons. The van der Waals surface area contributed by atoms with E-state index in [2.05, 4.69) is 5.32 Å². The van der Waals surface area contributed by atoms with Gasteiger partial charge in [0.05, 0.1) is 6.04 Å². The number of thioether (sulfide) groups is 1. The van der Waals surface area contributed by atoms with Crippen LogP contribution in [0.3, 0.4) is 0 Å². The summed E-state index contributed by atoms with van der Waals surface area (Å²) in [6, 6.07) is 6.91. The highest BCUT2D eigenvalue weighted by atomic mass is 32.2. The van der Waals surface area contributed by atoms with Crippen molar-refractivity contribution in [2.75, 3.05) is 12.3 Å². The summed E-state index contributed by atoms with van der Waals surface area (Å²) in [6.07, 6.45) is 6.72. The fourth-order valence-electron chi connectivity index (χ4n) is 3.33. The number of aliphatic imine (C=N–C) groups is 1. The van der Waals surface area contributed by atoms with Crippen molar-refractivity contribution in [2.45, 2.75) is 45.1 Å². The van der Waals surface area contributed by atoms with Crippen molar-refractivity contribution in [3.8, 4) is 0 Å². The molecule has 0 amide bonds. The van der Waals surface area contributed by atoms with Gasteiger partial charge in [-0.3, -0.25) is 4.99 Å². The second-order valence-electron chi connectivity index (χ2n) is 6.36. The maximum absolute atomic E-state index is 13.8. The molecule has 0 saturated heterocycles. The van der Waals surface area contributed by atoms with Crippen LogP contribution in [0.1, 0.15) is 50.6 Å². The number of rotatable bonds is 2. The van der Waals surface area contributed by atoms with E-state index in [-0.39, 0.29) is 11.9 Å². The molecule has 1 spiro atoms. The van der Waals surface area contributed by atoms with E-state index in [0.29, 0.717) is 11.0 Å². The largest absolute Gasteiger partial charge is 0.358 e. The Morgan fingerprint density at radius 1 is 1.24 bits per heavy atom. The quantitative estimate of drug-likeness (QED) is 0.868. The number of nitrogens with one attached hydrogen (secondary N) is 1. The normalized spacial score (nSPS) is 22.7. The van der Waals surface area contributed by atoms with Gasteiger partial charge in [-0.05, 0) is 31.2 Å². The molecular formula is C17H23FN2S. The predicted molar refractivity (Wildman–Crippen MR) is 88.2 cm³/mol. The number of hydrogen-bond donors (Lipinski definition) is 1. The van der Waals surface area contributed by atoms with Crippen LogP contribution in [0.4, 0.5) is 4.39 Å². The minimum absolute atomic E-state index is 0.0437. The van der Waals surface area contributed by atoms with Gasteiger partial charge in [0.25, 0.3) is 0 Å². The lowest BCUT2D eigenvalue weighted by Crippen LogP contribution is -2.37. The van der Waals surface area contributed by atoms with E-state index in [1.54, 1.807) is 6.07 Å². The van der Waals surface area contributed by atoms with Crippen molar-refractivity contribution in [1.29, 1.82) is 0 Å². The SMILES string of the molecule is CC(NC1=NCC2(CCCCC2)CS1)c1ccccc1F. The van der Waals surface area contributed by atoms with Crippen LogP contribution in [0.5, 0.6) is 0 Å². The molecule has 1 saturated carbocycles. The van der Waals surface area contributed by atoms with E-state index < -0.39 is 0 Å². The van der Waals surface area contributed by atoms with Gasteiger partial charge in [-0.2, -0.15) is 0 Å². The Morgan fingerprint density at radius 3 is 2.67 bits per heavy atom. The minimum atomic E-state index is -0.150. The summed E-state index contributed by atoms with van der Waals surface area (Å²) < 4.78 is 13.8. The molecule has 1 heterocycles. The molecule has 3 rings (SSSR count). The van der Waals surface area contributed by atoms with Gasteiger partial charge in [0.15, 0.2) is 5.17 Å². The monoisotopic (exact) mass is 306 g/mol. The van der Waals surface area contributed by atoms with Gasteiger partial charge in [0.2, 0.25) is 0 Å². The first-order valence-electron chi connectivity index (χ1n) is 7.87. The fraction of sp³-hybridized carbons (Fsp3) is 0.588. The summed E-state index contributed by atoms with van der Waals surface area (Å²) in [4.78, 5) is 4.75. The molecular weight excluding hydrogens is 283 g/mol. The number of hydrogen-bond acceptors (Lipinski definition) is 3. The van der Waals surface area contributed by atoms with E-state index in [0.717, 1.165) is 17.5 Å². The third-order valence-electron chi connectivity index (χ3n) is 4.70. The molecule has 1 unspecified atom stereocenters. The molecule has 114 valence electrons. The average Bonchev–Trinajstić information content (AvgIpc) is 2.51. The zero-order valence-electron chi connectivity index (χ0n) is 12.6. The van der Waals surface area contributed by atoms with Gasteiger partial charge in [-0.1, -0.05) is 49.2 Å². The first-order valence-corrected chi connectivity index (χ1v) is 8.85. The van der Waals surface area contributed by atoms with Crippen LogP contribution < -0.4 is 5.32 Å². The topological polar surface area (TPSA) is 24.4 Å². The Morgan fingerprint density at radius 2 is 2.00 bits per heavy atom. The Labute approximate surface area is 130 Å². The second-order valence-corrected chi connectivity index (χ2v) is 7.32. The van der Waals surface area contributed by atoms with Crippen LogP contribution in [0.25, 0.3) is 0 Å². The Balaban J connectivity index is 1.63. The Kier molecular flexibility index (Phi) is 4.53. The summed E-state index contributed by atoms with van der Waals surface area (Å²) in [5.41, 5.74) is 1.15. The minimum Gasteiger partial charge on any atom is -0.358 e. The molecule has 1 aliphatic carbocycles. The molecule has 1 aromatic rings. The molecule has 2 nitrogen and oxygen atoms in total. The number of halogens is 1. The maximum Gasteiger partial charge on any atom is 0.157 e. The van der Waals surface area contributed by atoms with E-state index in [4.69, 9.17) is 4.99 Å². The zero-order valence-corrected chi connectivity index (χ0v) is 13.4. The molecule has 0 aromatic heterocycles. The van der Waals surface area contributed by atoms with E-state index >= 15 is 0 Å². The standard InChI is InChI=1S/C17H23FN2S/c1-13(14-7-3-4-8-15(14)18)20-16-19-11-17(12-21-16)9-5-2-6-10-17/h3-4,7-8,13H,2,5-6,9-12H2,1H3,(H,19,20). The lowest BCUT2D eigenvalue weighted by molar-refractivity contribution is 0.232. The number of amidine groups is 1. The Hall–Kier alpha value is -1.03. The lowest BCUT2D eigenvalue weighted by Gasteiger charge is -2.38. The molecule has 21 heavy (non-hydrogen) atoms. The molecule has 1 fully saturated rings. The number of benzene rings is 1. The van der Waals surface area contributed by atoms with E-state index in [9.17, 15) is 4.39 Å². The van der Waals surface area contributed by atoms with Gasteiger partial charge in [0.1, 0.15) is 5.82 Å². The highest BCUT2D eigenvalue weighted by Crippen LogP contribution is 2.41. The van der Waals surface area contributed by atoms with E-state index in [1.165, 1.54) is 38.2 Å². The van der Waals surface area contributed by atoms with Crippen molar-refractivity contribution in [3.05, 3.63) is 35.6 Å². The predicted octanol–water partition coefficient (Wildman–Crippen LogP) is 4.53. The first-order chi connectivity index (χ1) is 10.2. The van der Waals surface area contributed by atoms with Crippen molar-refractivity contribution in [3.63, 3.8) is 0 Å². The van der Waals surface area contributed by atoms with Gasteiger partial charge in [0, 0.05) is 17.9 Å². The molecule has 1 N–H and O–H groups in total. The molecule has 4 heteroatoms. The van der Waals surface area contributed by atoms with Crippen LogP contribution in [-0.2, 0) is 0 Å². The second kappa shape index (κ2) is 6.39. The highest BCUT2D eigenvalue weighted by molar-refractivity contribution is 8.13. The molecule has 2 aliphatic rings. The third-order valence-corrected chi connectivity index (χ3v) is 5.98. The molecule has 1 aliphatic heterocycles. The smallest absolute Gasteiger partial charge is 0.157 e. The fourth-order valence-corrected chi connectivity index (χ4v) is 4.57. The van der Waals surface area contributed by atoms with Crippen molar-refractivity contribution >= 4 is 16.9 Å². The van der Waals surface area contributed by atoms with Crippen molar-refractivity contribution < 1.29 is 4.39 Å². The zero-order chi connectivity index (χ0) is 14.7. The summed E-state index contributed by atoms with van der Waals surface area (Å²) in [6.45, 7) is 2.93. The van der Waals surface area contributed by atoms with Crippen LogP contribution in [0, 0.1) is 11.2 Å². The van der Waals surface area contributed by atoms with E-state index in [1.807, 2.05) is 30.8 Å². The van der Waals surface area contributed by atoms with Crippen LogP contribution in [0.15, 0.2) is 29.3 Å². The molecule has 1 aromatic carbocycles. The third kappa shape index (κ3) is 3.42. The Bertz CT molecular complexity index is 523. The highest BCUT2D eigenvalue weighted by Gasteiger charge is 2.35. The summed E-state index contributed by atoms with van der Waals surface area (Å²) in [7, 11) is 0.